The molecular formula is C25H24N4O2S. The van der Waals surface area contributed by atoms with Gasteiger partial charge in [0.15, 0.2) is 11.0 Å². The SMILES string of the molecule is COc1ccc(CCNC(=O)CSc2nnc(-c3ccccc3)n2-c2ccccc2)cc1. The molecule has 0 unspecified atom stereocenters. The first-order valence-corrected chi connectivity index (χ1v) is 11.3. The molecule has 0 saturated heterocycles. The van der Waals surface area contributed by atoms with Crippen LogP contribution >= 0.6 is 11.8 Å². The molecule has 1 heterocycles. The Labute approximate surface area is 191 Å². The van der Waals surface area contributed by atoms with E-state index in [9.17, 15) is 4.79 Å². The average molecular weight is 445 g/mol. The summed E-state index contributed by atoms with van der Waals surface area (Å²) in [6.07, 6.45) is 0.763. The third kappa shape index (κ3) is 5.36. The van der Waals surface area contributed by atoms with Gasteiger partial charge in [-0.25, -0.2) is 0 Å². The van der Waals surface area contributed by atoms with Gasteiger partial charge in [0, 0.05) is 17.8 Å². The van der Waals surface area contributed by atoms with Crippen LogP contribution in [0.4, 0.5) is 0 Å². The van der Waals surface area contributed by atoms with Gasteiger partial charge in [-0.1, -0.05) is 72.4 Å². The number of aromatic nitrogens is 3. The van der Waals surface area contributed by atoms with Crippen molar-refractivity contribution in [1.29, 1.82) is 0 Å². The van der Waals surface area contributed by atoms with Crippen molar-refractivity contribution in [2.45, 2.75) is 11.6 Å². The second kappa shape index (κ2) is 10.6. The van der Waals surface area contributed by atoms with Gasteiger partial charge in [0.2, 0.25) is 5.91 Å². The van der Waals surface area contributed by atoms with Crippen LogP contribution in [0.3, 0.4) is 0 Å². The van der Waals surface area contributed by atoms with Gasteiger partial charge in [0.05, 0.1) is 12.9 Å². The van der Waals surface area contributed by atoms with Crippen LogP contribution in [-0.2, 0) is 11.2 Å². The third-order valence-corrected chi connectivity index (χ3v) is 5.84. The molecular weight excluding hydrogens is 420 g/mol. The summed E-state index contributed by atoms with van der Waals surface area (Å²) in [6.45, 7) is 0.576. The zero-order valence-electron chi connectivity index (χ0n) is 17.8. The lowest BCUT2D eigenvalue weighted by atomic mass is 10.1. The standard InChI is InChI=1S/C25H24N4O2S/c1-31-22-14-12-19(13-15-22)16-17-26-23(30)18-32-25-28-27-24(20-8-4-2-5-9-20)29(25)21-10-6-3-7-11-21/h2-15H,16-18H2,1H3,(H,26,30). The third-order valence-electron chi connectivity index (χ3n) is 4.91. The minimum absolute atomic E-state index is 0.0348. The van der Waals surface area contributed by atoms with E-state index in [4.69, 9.17) is 4.74 Å². The van der Waals surface area contributed by atoms with Gasteiger partial charge in [-0.3, -0.25) is 9.36 Å². The number of methoxy groups -OCH3 is 1. The normalized spacial score (nSPS) is 10.7. The first-order chi connectivity index (χ1) is 15.7. The zero-order valence-corrected chi connectivity index (χ0v) is 18.6. The van der Waals surface area contributed by atoms with Crippen LogP contribution in [-0.4, -0.2) is 40.1 Å². The molecule has 1 amide bonds. The van der Waals surface area contributed by atoms with Crippen LogP contribution in [0.2, 0.25) is 0 Å². The zero-order chi connectivity index (χ0) is 22.2. The predicted octanol–water partition coefficient (Wildman–Crippen LogP) is 4.39. The minimum Gasteiger partial charge on any atom is -0.497 e. The van der Waals surface area contributed by atoms with Gasteiger partial charge in [-0.05, 0) is 36.2 Å². The largest absolute Gasteiger partial charge is 0.497 e. The Kier molecular flexibility index (Phi) is 7.19. The summed E-state index contributed by atoms with van der Waals surface area (Å²) in [5.74, 6) is 1.81. The van der Waals surface area contributed by atoms with Gasteiger partial charge >= 0.3 is 0 Å². The van der Waals surface area contributed by atoms with Crippen molar-refractivity contribution in [3.8, 4) is 22.8 Å². The fraction of sp³-hybridized carbons (Fsp3) is 0.160. The van der Waals surface area contributed by atoms with E-state index in [0.717, 1.165) is 34.8 Å². The molecule has 162 valence electrons. The fourth-order valence-corrected chi connectivity index (χ4v) is 4.05. The lowest BCUT2D eigenvalue weighted by Gasteiger charge is -2.10. The number of hydrogen-bond acceptors (Lipinski definition) is 5. The molecule has 7 heteroatoms. The van der Waals surface area contributed by atoms with Crippen molar-refractivity contribution in [2.75, 3.05) is 19.4 Å². The Morgan fingerprint density at radius 2 is 1.62 bits per heavy atom. The van der Waals surface area contributed by atoms with Gasteiger partial charge in [0.1, 0.15) is 5.75 Å². The second-order valence-corrected chi connectivity index (χ2v) is 8.02. The highest BCUT2D eigenvalue weighted by Gasteiger charge is 2.17. The fourth-order valence-electron chi connectivity index (χ4n) is 3.27. The lowest BCUT2D eigenvalue weighted by molar-refractivity contribution is -0.118. The highest BCUT2D eigenvalue weighted by Crippen LogP contribution is 2.27. The van der Waals surface area contributed by atoms with E-state index in [0.29, 0.717) is 11.7 Å². The minimum atomic E-state index is -0.0348. The first-order valence-electron chi connectivity index (χ1n) is 10.3. The maximum absolute atomic E-state index is 12.4. The Morgan fingerprint density at radius 1 is 0.938 bits per heavy atom. The highest BCUT2D eigenvalue weighted by atomic mass is 32.2. The number of nitrogens with one attached hydrogen (secondary N) is 1. The van der Waals surface area contributed by atoms with Crippen molar-refractivity contribution >= 4 is 17.7 Å². The van der Waals surface area contributed by atoms with E-state index in [1.54, 1.807) is 7.11 Å². The van der Waals surface area contributed by atoms with Crippen LogP contribution in [0.25, 0.3) is 17.1 Å². The number of carbonyl (C=O) groups excluding carboxylic acids is 1. The monoisotopic (exact) mass is 444 g/mol. The van der Waals surface area contributed by atoms with E-state index in [-0.39, 0.29) is 11.7 Å². The molecule has 0 atom stereocenters. The average Bonchev–Trinajstić information content (AvgIpc) is 3.28. The molecule has 1 aromatic heterocycles. The van der Waals surface area contributed by atoms with Crippen LogP contribution in [0.5, 0.6) is 5.75 Å². The molecule has 0 radical (unpaired) electrons. The molecule has 0 saturated carbocycles. The number of nitrogens with zero attached hydrogens (tertiary/aromatic N) is 3. The number of rotatable bonds is 9. The molecule has 0 aliphatic rings. The summed E-state index contributed by atoms with van der Waals surface area (Å²) < 4.78 is 7.16. The molecule has 6 nitrogen and oxygen atoms in total. The van der Waals surface area contributed by atoms with Gasteiger partial charge in [-0.2, -0.15) is 0 Å². The molecule has 0 bridgehead atoms. The number of hydrogen-bond donors (Lipinski definition) is 1. The Bertz CT molecular complexity index is 1150. The number of ether oxygens (including phenoxy) is 1. The van der Waals surface area contributed by atoms with Crippen molar-refractivity contribution < 1.29 is 9.53 Å². The number of thioether (sulfide) groups is 1. The van der Waals surface area contributed by atoms with Crippen LogP contribution < -0.4 is 10.1 Å². The van der Waals surface area contributed by atoms with E-state index >= 15 is 0 Å². The topological polar surface area (TPSA) is 69.0 Å². The highest BCUT2D eigenvalue weighted by molar-refractivity contribution is 7.99. The van der Waals surface area contributed by atoms with Crippen molar-refractivity contribution in [1.82, 2.24) is 20.1 Å². The van der Waals surface area contributed by atoms with Gasteiger partial charge in [0.25, 0.3) is 0 Å². The summed E-state index contributed by atoms with van der Waals surface area (Å²) in [4.78, 5) is 12.4. The lowest BCUT2D eigenvalue weighted by Crippen LogP contribution is -2.27. The van der Waals surface area contributed by atoms with Crippen molar-refractivity contribution in [3.63, 3.8) is 0 Å². The first kappa shape index (κ1) is 21.6. The number of para-hydroxylation sites is 1. The van der Waals surface area contributed by atoms with Gasteiger partial charge in [-0.15, -0.1) is 10.2 Å². The second-order valence-electron chi connectivity index (χ2n) is 7.08. The number of carbonyl (C=O) groups is 1. The predicted molar refractivity (Wildman–Crippen MR) is 127 cm³/mol. The molecule has 3 aromatic carbocycles. The summed E-state index contributed by atoms with van der Waals surface area (Å²) in [5, 5.41) is 12.4. The van der Waals surface area contributed by atoms with E-state index < -0.39 is 0 Å². The molecule has 4 rings (SSSR count). The quantitative estimate of drug-likeness (QED) is 0.388. The van der Waals surface area contributed by atoms with Crippen molar-refractivity contribution in [3.05, 3.63) is 90.5 Å². The Morgan fingerprint density at radius 3 is 2.31 bits per heavy atom. The molecule has 32 heavy (non-hydrogen) atoms. The molecule has 0 aliphatic heterocycles. The van der Waals surface area contributed by atoms with E-state index in [2.05, 4.69) is 15.5 Å². The molecule has 4 aromatic rings. The number of amides is 1. The summed E-state index contributed by atoms with van der Waals surface area (Å²) in [5.41, 5.74) is 3.08. The maximum Gasteiger partial charge on any atom is 0.230 e. The van der Waals surface area contributed by atoms with Crippen LogP contribution in [0.15, 0.2) is 90.1 Å². The molecule has 0 fully saturated rings. The van der Waals surface area contributed by atoms with E-state index in [1.807, 2.05) is 89.5 Å². The molecule has 0 spiro atoms. The van der Waals surface area contributed by atoms with E-state index in [1.165, 1.54) is 11.8 Å². The van der Waals surface area contributed by atoms with Crippen molar-refractivity contribution in [2.24, 2.45) is 0 Å². The summed E-state index contributed by atoms with van der Waals surface area (Å²) in [7, 11) is 1.65. The van der Waals surface area contributed by atoms with Crippen LogP contribution in [0, 0.1) is 0 Å². The molecule has 1 N–H and O–H groups in total. The summed E-state index contributed by atoms with van der Waals surface area (Å²) in [6, 6.07) is 27.7. The molecule has 0 aliphatic carbocycles. The summed E-state index contributed by atoms with van der Waals surface area (Å²) >= 11 is 1.38. The van der Waals surface area contributed by atoms with Gasteiger partial charge < -0.3 is 10.1 Å². The maximum atomic E-state index is 12.4. The smallest absolute Gasteiger partial charge is 0.230 e. The number of benzene rings is 3. The Balaban J connectivity index is 1.40. The Hall–Kier alpha value is -3.58. The van der Waals surface area contributed by atoms with Crippen LogP contribution in [0.1, 0.15) is 5.56 Å².